The van der Waals surface area contributed by atoms with E-state index in [0.717, 1.165) is 11.1 Å². The molecule has 0 radical (unpaired) electrons. The second-order valence-electron chi connectivity index (χ2n) is 2.66. The molecule has 0 saturated carbocycles. The Balaban J connectivity index is 3.19. The van der Waals surface area contributed by atoms with Gasteiger partial charge in [-0.3, -0.25) is 10.1 Å². The lowest BCUT2D eigenvalue weighted by atomic mass is 10.1. The molecule has 0 atom stereocenters. The molecule has 0 unspecified atom stereocenters. The Bertz CT molecular complexity index is 392. The van der Waals surface area contributed by atoms with E-state index in [4.69, 9.17) is 11.6 Å². The van der Waals surface area contributed by atoms with E-state index in [1.165, 1.54) is 12.1 Å². The minimum absolute atomic E-state index is 0.0914. The third-order valence-electron chi connectivity index (χ3n) is 1.71. The Morgan fingerprint density at radius 1 is 1.64 bits per heavy atom. The predicted octanol–water partition coefficient (Wildman–Crippen LogP) is 3.66. The second kappa shape index (κ2) is 4.57. The Morgan fingerprint density at radius 3 is 2.79 bits per heavy atom. The molecule has 0 fully saturated rings. The van der Waals surface area contributed by atoms with Crippen LogP contribution in [0.25, 0.3) is 5.57 Å². The van der Waals surface area contributed by atoms with E-state index in [0.29, 0.717) is 5.33 Å². The van der Waals surface area contributed by atoms with Gasteiger partial charge in [-0.25, -0.2) is 0 Å². The van der Waals surface area contributed by atoms with Gasteiger partial charge in [-0.15, -0.1) is 0 Å². The van der Waals surface area contributed by atoms with Gasteiger partial charge in [-0.1, -0.05) is 40.2 Å². The van der Waals surface area contributed by atoms with Crippen molar-refractivity contribution in [2.24, 2.45) is 0 Å². The Labute approximate surface area is 94.7 Å². The smallest absolute Gasteiger partial charge is 0.258 e. The van der Waals surface area contributed by atoms with Gasteiger partial charge >= 0.3 is 0 Å². The topological polar surface area (TPSA) is 43.1 Å². The summed E-state index contributed by atoms with van der Waals surface area (Å²) < 4.78 is 0. The van der Waals surface area contributed by atoms with Gasteiger partial charge in [0.25, 0.3) is 5.69 Å². The summed E-state index contributed by atoms with van der Waals surface area (Å²) in [6.45, 7) is 3.76. The molecule has 0 N–H and O–H groups in total. The standard InChI is InChI=1S/C9H7BrClNO2/c1-6(5-10)7-2-3-8(11)9(4-7)12(13)14/h2-4H,1,5H2. The van der Waals surface area contributed by atoms with E-state index >= 15 is 0 Å². The fraction of sp³-hybridized carbons (Fsp3) is 0.111. The summed E-state index contributed by atoms with van der Waals surface area (Å²) in [6.07, 6.45) is 0. The third-order valence-corrected chi connectivity index (χ3v) is 2.71. The molecule has 0 aromatic heterocycles. The molecule has 0 aliphatic rings. The van der Waals surface area contributed by atoms with Crippen LogP contribution < -0.4 is 0 Å². The van der Waals surface area contributed by atoms with Crippen molar-refractivity contribution < 1.29 is 4.92 Å². The van der Waals surface area contributed by atoms with Crippen LogP contribution in [0.4, 0.5) is 5.69 Å². The van der Waals surface area contributed by atoms with E-state index in [1.807, 2.05) is 0 Å². The number of halogens is 2. The monoisotopic (exact) mass is 275 g/mol. The van der Waals surface area contributed by atoms with Gasteiger partial charge < -0.3 is 0 Å². The number of hydrogen-bond acceptors (Lipinski definition) is 2. The number of benzene rings is 1. The fourth-order valence-electron chi connectivity index (χ4n) is 0.950. The molecule has 14 heavy (non-hydrogen) atoms. The van der Waals surface area contributed by atoms with Gasteiger partial charge in [0.1, 0.15) is 5.02 Å². The molecule has 0 heterocycles. The zero-order chi connectivity index (χ0) is 10.7. The summed E-state index contributed by atoms with van der Waals surface area (Å²) in [4.78, 5) is 10.1. The average molecular weight is 277 g/mol. The summed E-state index contributed by atoms with van der Waals surface area (Å²) in [5.74, 6) is 0. The summed E-state index contributed by atoms with van der Waals surface area (Å²) in [5, 5.41) is 11.3. The molecule has 0 saturated heterocycles. The Kier molecular flexibility index (Phi) is 3.66. The van der Waals surface area contributed by atoms with Crippen molar-refractivity contribution in [1.82, 2.24) is 0 Å². The molecular weight excluding hydrogens is 269 g/mol. The van der Waals surface area contributed by atoms with E-state index in [9.17, 15) is 10.1 Å². The highest BCUT2D eigenvalue weighted by atomic mass is 79.9. The lowest BCUT2D eigenvalue weighted by Gasteiger charge is -2.02. The van der Waals surface area contributed by atoms with E-state index in [1.54, 1.807) is 6.07 Å². The minimum Gasteiger partial charge on any atom is -0.258 e. The highest BCUT2D eigenvalue weighted by molar-refractivity contribution is 9.09. The van der Waals surface area contributed by atoms with Crippen LogP contribution in [-0.4, -0.2) is 10.3 Å². The number of allylic oxidation sites excluding steroid dienone is 1. The number of nitrogens with zero attached hydrogens (tertiary/aromatic N) is 1. The molecule has 1 rings (SSSR count). The molecule has 0 spiro atoms. The number of nitro groups is 1. The summed E-state index contributed by atoms with van der Waals surface area (Å²) in [6, 6.07) is 4.63. The van der Waals surface area contributed by atoms with Crippen molar-refractivity contribution in [3.05, 3.63) is 45.5 Å². The van der Waals surface area contributed by atoms with Gasteiger partial charge in [0, 0.05) is 11.4 Å². The largest absolute Gasteiger partial charge is 0.288 e. The van der Waals surface area contributed by atoms with Crippen LogP contribution in [0.1, 0.15) is 5.56 Å². The second-order valence-corrected chi connectivity index (χ2v) is 3.63. The van der Waals surface area contributed by atoms with Crippen LogP contribution in [0.15, 0.2) is 24.8 Å². The maximum absolute atomic E-state index is 10.6. The van der Waals surface area contributed by atoms with Crippen molar-refractivity contribution in [2.75, 3.05) is 5.33 Å². The van der Waals surface area contributed by atoms with Crippen LogP contribution in [0.5, 0.6) is 0 Å². The van der Waals surface area contributed by atoms with Crippen molar-refractivity contribution in [3.63, 3.8) is 0 Å². The van der Waals surface area contributed by atoms with Crippen molar-refractivity contribution >= 4 is 38.8 Å². The lowest BCUT2D eigenvalue weighted by Crippen LogP contribution is -1.91. The molecule has 1 aromatic carbocycles. The quantitative estimate of drug-likeness (QED) is 0.480. The van der Waals surface area contributed by atoms with Gasteiger partial charge in [0.2, 0.25) is 0 Å². The zero-order valence-electron chi connectivity index (χ0n) is 7.17. The minimum atomic E-state index is -0.507. The number of rotatable bonds is 3. The summed E-state index contributed by atoms with van der Waals surface area (Å²) in [5.41, 5.74) is 1.41. The van der Waals surface area contributed by atoms with Crippen molar-refractivity contribution in [2.45, 2.75) is 0 Å². The van der Waals surface area contributed by atoms with Crippen LogP contribution in [0.2, 0.25) is 5.02 Å². The molecule has 0 amide bonds. The van der Waals surface area contributed by atoms with Crippen LogP contribution >= 0.6 is 27.5 Å². The van der Waals surface area contributed by atoms with Crippen LogP contribution in [-0.2, 0) is 0 Å². The molecule has 74 valence electrons. The maximum Gasteiger partial charge on any atom is 0.288 e. The predicted molar refractivity (Wildman–Crippen MR) is 60.9 cm³/mol. The molecule has 3 nitrogen and oxygen atoms in total. The third kappa shape index (κ3) is 2.33. The van der Waals surface area contributed by atoms with Gasteiger partial charge in [0.05, 0.1) is 4.92 Å². The first-order chi connectivity index (χ1) is 6.56. The van der Waals surface area contributed by atoms with E-state index in [-0.39, 0.29) is 10.7 Å². The van der Waals surface area contributed by atoms with Crippen molar-refractivity contribution in [1.29, 1.82) is 0 Å². The van der Waals surface area contributed by atoms with Crippen LogP contribution in [0, 0.1) is 10.1 Å². The summed E-state index contributed by atoms with van der Waals surface area (Å²) in [7, 11) is 0. The summed E-state index contributed by atoms with van der Waals surface area (Å²) >= 11 is 8.89. The molecule has 0 aliphatic heterocycles. The normalized spacial score (nSPS) is 9.86. The number of nitro benzene ring substituents is 1. The molecule has 1 aromatic rings. The van der Waals surface area contributed by atoms with Gasteiger partial charge in [-0.05, 0) is 17.2 Å². The number of hydrogen-bond donors (Lipinski definition) is 0. The Hall–Kier alpha value is -0.870. The van der Waals surface area contributed by atoms with E-state index < -0.39 is 4.92 Å². The maximum atomic E-state index is 10.6. The number of alkyl halides is 1. The van der Waals surface area contributed by atoms with E-state index in [2.05, 4.69) is 22.5 Å². The molecule has 0 bridgehead atoms. The fourth-order valence-corrected chi connectivity index (χ4v) is 1.46. The zero-order valence-corrected chi connectivity index (χ0v) is 9.51. The lowest BCUT2D eigenvalue weighted by molar-refractivity contribution is -0.384. The average Bonchev–Trinajstić information content (AvgIpc) is 2.17. The van der Waals surface area contributed by atoms with Gasteiger partial charge in [0.15, 0.2) is 0 Å². The SMILES string of the molecule is C=C(CBr)c1ccc(Cl)c([N+](=O)[O-])c1. The first-order valence-electron chi connectivity index (χ1n) is 3.74. The first kappa shape index (κ1) is 11.2. The molecule has 5 heteroatoms. The van der Waals surface area contributed by atoms with Crippen LogP contribution in [0.3, 0.4) is 0 Å². The molecule has 0 aliphatic carbocycles. The molecular formula is C9H7BrClNO2. The Morgan fingerprint density at radius 2 is 2.29 bits per heavy atom. The highest BCUT2D eigenvalue weighted by Crippen LogP contribution is 2.28. The first-order valence-corrected chi connectivity index (χ1v) is 5.24. The van der Waals surface area contributed by atoms with Gasteiger partial charge in [-0.2, -0.15) is 0 Å². The highest BCUT2D eigenvalue weighted by Gasteiger charge is 2.13. The van der Waals surface area contributed by atoms with Crippen molar-refractivity contribution in [3.8, 4) is 0 Å².